The summed E-state index contributed by atoms with van der Waals surface area (Å²) in [4.78, 5) is 12.7. The maximum Gasteiger partial charge on any atom is 0.219 e. The van der Waals surface area contributed by atoms with E-state index in [9.17, 15) is 4.79 Å². The van der Waals surface area contributed by atoms with Crippen molar-refractivity contribution in [3.8, 4) is 11.5 Å². The van der Waals surface area contributed by atoms with Crippen molar-refractivity contribution in [3.63, 3.8) is 0 Å². The van der Waals surface area contributed by atoms with Crippen molar-refractivity contribution in [2.45, 2.75) is 13.0 Å². The lowest BCUT2D eigenvalue weighted by atomic mass is 10.1. The van der Waals surface area contributed by atoms with Gasteiger partial charge in [-0.3, -0.25) is 4.79 Å². The van der Waals surface area contributed by atoms with E-state index >= 15 is 0 Å². The average Bonchev–Trinajstić information content (AvgIpc) is 2.24. The minimum absolute atomic E-state index is 0.0623. The van der Waals surface area contributed by atoms with Crippen LogP contribution in [0.1, 0.15) is 6.92 Å². The number of carbonyl (C=O) groups is 1. The van der Waals surface area contributed by atoms with Crippen molar-refractivity contribution in [3.05, 3.63) is 18.2 Å². The smallest absolute Gasteiger partial charge is 0.219 e. The van der Waals surface area contributed by atoms with Gasteiger partial charge in [0.1, 0.15) is 17.6 Å². The Bertz CT molecular complexity index is 428. The van der Waals surface area contributed by atoms with E-state index < -0.39 is 0 Å². The summed E-state index contributed by atoms with van der Waals surface area (Å²) in [6.45, 7) is 2.84. The van der Waals surface area contributed by atoms with Gasteiger partial charge >= 0.3 is 0 Å². The number of nitrogens with two attached hydrogens (primary N) is 1. The first-order chi connectivity index (χ1) is 8.10. The number of nitrogens with zero attached hydrogens (tertiary/aromatic N) is 1. The zero-order valence-electron chi connectivity index (χ0n) is 9.97. The molecule has 0 atom stereocenters. The minimum atomic E-state index is 0.0623. The molecule has 0 aromatic heterocycles. The Balaban J connectivity index is 1.94. The van der Waals surface area contributed by atoms with Crippen molar-refractivity contribution >= 4 is 11.6 Å². The summed E-state index contributed by atoms with van der Waals surface area (Å²) >= 11 is 0. The molecule has 0 aliphatic carbocycles. The lowest BCUT2D eigenvalue weighted by molar-refractivity contribution is -0.137. The number of methoxy groups -OCH3 is 1. The molecule has 1 amide bonds. The summed E-state index contributed by atoms with van der Waals surface area (Å²) in [7, 11) is 1.57. The molecule has 1 aromatic carbocycles. The van der Waals surface area contributed by atoms with Crippen LogP contribution in [-0.2, 0) is 4.79 Å². The van der Waals surface area contributed by atoms with Crippen molar-refractivity contribution in [1.82, 2.24) is 4.90 Å². The first-order valence-corrected chi connectivity index (χ1v) is 5.46. The Morgan fingerprint density at radius 1 is 1.47 bits per heavy atom. The third-order valence-electron chi connectivity index (χ3n) is 2.80. The molecule has 1 aliphatic rings. The number of rotatable bonds is 3. The second-order valence-electron chi connectivity index (χ2n) is 4.07. The Morgan fingerprint density at radius 3 is 2.76 bits per heavy atom. The quantitative estimate of drug-likeness (QED) is 0.791. The fourth-order valence-electron chi connectivity index (χ4n) is 1.73. The summed E-state index contributed by atoms with van der Waals surface area (Å²) in [5.41, 5.74) is 6.29. The van der Waals surface area contributed by atoms with Crippen LogP contribution in [0.15, 0.2) is 18.2 Å². The van der Waals surface area contributed by atoms with Gasteiger partial charge in [0, 0.05) is 13.0 Å². The number of likely N-dealkylation sites (tertiary alicyclic amines) is 1. The van der Waals surface area contributed by atoms with Gasteiger partial charge in [-0.1, -0.05) is 0 Å². The lowest BCUT2D eigenvalue weighted by Crippen LogP contribution is -2.55. The zero-order chi connectivity index (χ0) is 12.4. The Morgan fingerprint density at radius 2 is 2.18 bits per heavy atom. The molecule has 2 rings (SSSR count). The molecule has 0 bridgehead atoms. The molecule has 0 radical (unpaired) electrons. The molecule has 5 nitrogen and oxygen atoms in total. The summed E-state index contributed by atoms with van der Waals surface area (Å²) in [5.74, 6) is 1.40. The normalized spacial score (nSPS) is 15.3. The van der Waals surface area contributed by atoms with Crippen LogP contribution in [0.2, 0.25) is 0 Å². The standard InChI is InChI=1S/C12H16N2O3/c1-8(15)14-6-10(7-14)17-9-3-4-11(13)12(5-9)16-2/h3-5,10H,6-7,13H2,1-2H3. The van der Waals surface area contributed by atoms with Gasteiger partial charge in [0.2, 0.25) is 5.91 Å². The van der Waals surface area contributed by atoms with Gasteiger partial charge in [0.25, 0.3) is 0 Å². The summed E-state index contributed by atoms with van der Waals surface area (Å²) in [6.07, 6.45) is 0.0623. The van der Waals surface area contributed by atoms with Crippen LogP contribution in [0.25, 0.3) is 0 Å². The number of ether oxygens (including phenoxy) is 2. The number of amides is 1. The van der Waals surface area contributed by atoms with E-state index in [0.717, 1.165) is 0 Å². The highest BCUT2D eigenvalue weighted by Crippen LogP contribution is 2.28. The molecule has 0 spiro atoms. The number of nitrogen functional groups attached to an aromatic ring is 1. The van der Waals surface area contributed by atoms with E-state index in [1.807, 2.05) is 0 Å². The van der Waals surface area contributed by atoms with Gasteiger partial charge in [0.15, 0.2) is 0 Å². The molecule has 5 heteroatoms. The lowest BCUT2D eigenvalue weighted by Gasteiger charge is -2.38. The second kappa shape index (κ2) is 4.53. The Kier molecular flexibility index (Phi) is 3.08. The van der Waals surface area contributed by atoms with Crippen LogP contribution >= 0.6 is 0 Å². The molecule has 0 saturated carbocycles. The SMILES string of the molecule is COc1cc(OC2CN(C(C)=O)C2)ccc1N. The molecule has 1 heterocycles. The van der Waals surface area contributed by atoms with E-state index in [-0.39, 0.29) is 12.0 Å². The first-order valence-electron chi connectivity index (χ1n) is 5.46. The predicted molar refractivity (Wildman–Crippen MR) is 64.1 cm³/mol. The average molecular weight is 236 g/mol. The van der Waals surface area contributed by atoms with Crippen LogP contribution < -0.4 is 15.2 Å². The van der Waals surface area contributed by atoms with Gasteiger partial charge in [0.05, 0.1) is 25.9 Å². The molecule has 1 aliphatic heterocycles. The first kappa shape index (κ1) is 11.6. The summed E-state index contributed by atoms with van der Waals surface area (Å²) in [5, 5.41) is 0. The van der Waals surface area contributed by atoms with Crippen LogP contribution in [0.3, 0.4) is 0 Å². The van der Waals surface area contributed by atoms with Gasteiger partial charge in [-0.05, 0) is 12.1 Å². The van der Waals surface area contributed by atoms with Gasteiger partial charge in [-0.15, -0.1) is 0 Å². The number of hydrogen-bond donors (Lipinski definition) is 1. The molecule has 1 fully saturated rings. The molecule has 1 saturated heterocycles. The molecule has 1 aromatic rings. The number of benzene rings is 1. The summed E-state index contributed by atoms with van der Waals surface area (Å²) in [6, 6.07) is 5.30. The number of carbonyl (C=O) groups excluding carboxylic acids is 1. The minimum Gasteiger partial charge on any atom is -0.494 e. The largest absolute Gasteiger partial charge is 0.494 e. The maximum absolute atomic E-state index is 11.0. The highest BCUT2D eigenvalue weighted by atomic mass is 16.5. The van der Waals surface area contributed by atoms with Crippen molar-refractivity contribution in [2.24, 2.45) is 0 Å². The topological polar surface area (TPSA) is 64.8 Å². The molecule has 0 unspecified atom stereocenters. The molecular formula is C12H16N2O3. The van der Waals surface area contributed by atoms with Crippen molar-refractivity contribution in [1.29, 1.82) is 0 Å². The van der Waals surface area contributed by atoms with Crippen molar-refractivity contribution < 1.29 is 14.3 Å². The van der Waals surface area contributed by atoms with Crippen molar-refractivity contribution in [2.75, 3.05) is 25.9 Å². The van der Waals surface area contributed by atoms with E-state index in [2.05, 4.69) is 0 Å². The molecule has 2 N–H and O–H groups in total. The fourth-order valence-corrected chi connectivity index (χ4v) is 1.73. The van der Waals surface area contributed by atoms with Crippen LogP contribution in [-0.4, -0.2) is 37.1 Å². The molecule has 17 heavy (non-hydrogen) atoms. The summed E-state index contributed by atoms with van der Waals surface area (Å²) < 4.78 is 10.8. The van der Waals surface area contributed by atoms with Crippen LogP contribution in [0.5, 0.6) is 11.5 Å². The molecular weight excluding hydrogens is 220 g/mol. The predicted octanol–water partition coefficient (Wildman–Crippen LogP) is 0.887. The van der Waals surface area contributed by atoms with Gasteiger partial charge in [-0.25, -0.2) is 0 Å². The highest BCUT2D eigenvalue weighted by Gasteiger charge is 2.30. The third kappa shape index (κ3) is 2.43. The highest BCUT2D eigenvalue weighted by molar-refractivity contribution is 5.74. The Labute approximate surface area is 100 Å². The van der Waals surface area contributed by atoms with Gasteiger partial charge in [-0.2, -0.15) is 0 Å². The maximum atomic E-state index is 11.0. The monoisotopic (exact) mass is 236 g/mol. The number of hydrogen-bond acceptors (Lipinski definition) is 4. The van der Waals surface area contributed by atoms with E-state index in [4.69, 9.17) is 15.2 Å². The zero-order valence-corrected chi connectivity index (χ0v) is 9.97. The van der Waals surface area contributed by atoms with Gasteiger partial charge < -0.3 is 20.1 Å². The van der Waals surface area contributed by atoms with E-state index in [1.165, 1.54) is 0 Å². The second-order valence-corrected chi connectivity index (χ2v) is 4.07. The Hall–Kier alpha value is -1.91. The van der Waals surface area contributed by atoms with Crippen LogP contribution in [0, 0.1) is 0 Å². The fraction of sp³-hybridized carbons (Fsp3) is 0.417. The van der Waals surface area contributed by atoms with E-state index in [1.54, 1.807) is 37.1 Å². The third-order valence-corrected chi connectivity index (χ3v) is 2.80. The number of anilines is 1. The van der Waals surface area contributed by atoms with E-state index in [0.29, 0.717) is 30.3 Å². The molecule has 92 valence electrons. The van der Waals surface area contributed by atoms with Crippen LogP contribution in [0.4, 0.5) is 5.69 Å².